The van der Waals surface area contributed by atoms with Gasteiger partial charge in [0.2, 0.25) is 0 Å². The molecule has 0 aliphatic carbocycles. The molecule has 0 fully saturated rings. The Morgan fingerprint density at radius 1 is 0.750 bits per heavy atom. The van der Waals surface area contributed by atoms with Crippen molar-refractivity contribution in [1.29, 1.82) is 0 Å². The summed E-state index contributed by atoms with van der Waals surface area (Å²) in [5, 5.41) is 0. The van der Waals surface area contributed by atoms with Gasteiger partial charge in [-0.1, -0.05) is 26.7 Å². The van der Waals surface area contributed by atoms with Crippen molar-refractivity contribution in [2.45, 2.75) is 45.7 Å². The smallest absolute Gasteiger partial charge is 0.308 e. The maximum atomic E-state index is 13.2. The molecule has 0 aromatic heterocycles. The van der Waals surface area contributed by atoms with Crippen LogP contribution in [0.15, 0.2) is 22.4 Å². The molecule has 1 aromatic carbocycles. The van der Waals surface area contributed by atoms with Gasteiger partial charge in [-0.2, -0.15) is 0 Å². The molecule has 0 aliphatic heterocycles. The molecule has 1 aromatic rings. The average Bonchev–Trinajstić information content (AvgIpc) is 2.56. The monoisotopic (exact) mass is 674 g/mol. The molecule has 0 N–H and O–H groups in total. The molecule has 0 radical (unpaired) electrons. The predicted octanol–water partition coefficient (Wildman–Crippen LogP) is 8.83. The Morgan fingerprint density at radius 2 is 1.12 bits per heavy atom. The zero-order valence-electron chi connectivity index (χ0n) is 13.5. The summed E-state index contributed by atoms with van der Waals surface area (Å²) in [5.74, 6) is 0. The molecule has 0 amide bonds. The lowest BCUT2D eigenvalue weighted by Gasteiger charge is -2.21. The van der Waals surface area contributed by atoms with Crippen LogP contribution in [0.25, 0.3) is 0 Å². The third kappa shape index (κ3) is 6.74. The van der Waals surface area contributed by atoms with Crippen molar-refractivity contribution in [1.82, 2.24) is 0 Å². The standard InChI is InChI=1S/C15H20Br5O3P/c1-3-5-7-22-24(21,23-8-6-4-2)9-10-11(16)13(18)15(20)14(19)12(10)17/h3-9H2,1-2H3. The van der Waals surface area contributed by atoms with Gasteiger partial charge in [-0.05, 0) is 98.1 Å². The topological polar surface area (TPSA) is 35.5 Å². The van der Waals surface area contributed by atoms with Gasteiger partial charge < -0.3 is 9.05 Å². The summed E-state index contributed by atoms with van der Waals surface area (Å²) in [6.45, 7) is 5.02. The highest BCUT2D eigenvalue weighted by Crippen LogP contribution is 2.56. The zero-order chi connectivity index (χ0) is 18.3. The Bertz CT molecular complexity index is 566. The first-order valence-corrected chi connectivity index (χ1v) is 13.3. The van der Waals surface area contributed by atoms with Gasteiger partial charge in [-0.3, -0.25) is 4.57 Å². The summed E-state index contributed by atoms with van der Waals surface area (Å²) in [5.41, 5.74) is 0.841. The summed E-state index contributed by atoms with van der Waals surface area (Å²) < 4.78 is 28.8. The van der Waals surface area contributed by atoms with Crippen LogP contribution in [0.2, 0.25) is 0 Å². The lowest BCUT2D eigenvalue weighted by Crippen LogP contribution is -2.04. The first kappa shape index (κ1) is 23.8. The maximum absolute atomic E-state index is 13.2. The molecule has 0 saturated carbocycles. The van der Waals surface area contributed by atoms with Crippen LogP contribution < -0.4 is 0 Å². The molecule has 0 unspecified atom stereocenters. The number of rotatable bonds is 10. The third-order valence-corrected chi connectivity index (χ3v) is 11.3. The van der Waals surface area contributed by atoms with Crippen molar-refractivity contribution < 1.29 is 13.6 Å². The van der Waals surface area contributed by atoms with Gasteiger partial charge in [0.05, 0.1) is 19.4 Å². The van der Waals surface area contributed by atoms with Crippen LogP contribution in [-0.2, 0) is 19.8 Å². The summed E-state index contributed by atoms with van der Waals surface area (Å²) in [6.07, 6.45) is 3.88. The van der Waals surface area contributed by atoms with E-state index in [9.17, 15) is 4.57 Å². The highest BCUT2D eigenvalue weighted by Gasteiger charge is 2.29. The van der Waals surface area contributed by atoms with E-state index in [0.717, 1.165) is 53.6 Å². The molecular weight excluding hydrogens is 659 g/mol. The van der Waals surface area contributed by atoms with E-state index in [-0.39, 0.29) is 6.16 Å². The number of halogens is 5. The van der Waals surface area contributed by atoms with Gasteiger partial charge >= 0.3 is 7.60 Å². The second kappa shape index (κ2) is 11.6. The van der Waals surface area contributed by atoms with Gasteiger partial charge in [-0.25, -0.2) is 0 Å². The molecule has 1 rings (SSSR count). The fraction of sp³-hybridized carbons (Fsp3) is 0.600. The zero-order valence-corrected chi connectivity index (χ0v) is 22.3. The quantitative estimate of drug-likeness (QED) is 0.107. The second-order valence-corrected chi connectivity index (χ2v) is 11.2. The van der Waals surface area contributed by atoms with E-state index in [4.69, 9.17) is 9.05 Å². The van der Waals surface area contributed by atoms with Gasteiger partial charge in [0.1, 0.15) is 0 Å². The van der Waals surface area contributed by atoms with E-state index >= 15 is 0 Å². The van der Waals surface area contributed by atoms with Crippen molar-refractivity contribution in [2.24, 2.45) is 0 Å². The van der Waals surface area contributed by atoms with E-state index in [1.54, 1.807) is 0 Å². The molecule has 3 nitrogen and oxygen atoms in total. The van der Waals surface area contributed by atoms with Crippen molar-refractivity contribution in [3.05, 3.63) is 27.9 Å². The normalized spacial score (nSPS) is 12.0. The molecular formula is C15H20Br5O3P. The summed E-state index contributed by atoms with van der Waals surface area (Å²) in [4.78, 5) is 0. The number of benzene rings is 1. The molecule has 0 saturated heterocycles. The molecule has 0 heterocycles. The lowest BCUT2D eigenvalue weighted by atomic mass is 10.2. The highest BCUT2D eigenvalue weighted by atomic mass is 79.9. The van der Waals surface area contributed by atoms with Crippen LogP contribution in [0.4, 0.5) is 0 Å². The average molecular weight is 679 g/mol. The van der Waals surface area contributed by atoms with Crippen LogP contribution in [0.1, 0.15) is 45.1 Å². The molecule has 9 heteroatoms. The SMILES string of the molecule is CCCCOP(=O)(Cc1c(Br)c(Br)c(Br)c(Br)c1Br)OCCCC. The Morgan fingerprint density at radius 3 is 1.50 bits per heavy atom. The van der Waals surface area contributed by atoms with Crippen LogP contribution in [0.3, 0.4) is 0 Å². The second-order valence-electron chi connectivity index (χ2n) is 5.19. The number of hydrogen-bond acceptors (Lipinski definition) is 3. The van der Waals surface area contributed by atoms with Crippen LogP contribution >= 0.6 is 87.2 Å². The Kier molecular flexibility index (Phi) is 11.5. The molecule has 0 aliphatic rings. The van der Waals surface area contributed by atoms with Crippen LogP contribution in [-0.4, -0.2) is 13.2 Å². The molecule has 0 spiro atoms. The minimum Gasteiger partial charge on any atom is -0.308 e. The summed E-state index contributed by atoms with van der Waals surface area (Å²) in [7, 11) is -3.23. The van der Waals surface area contributed by atoms with Gasteiger partial charge in [0, 0.05) is 22.4 Å². The van der Waals surface area contributed by atoms with Crippen LogP contribution in [0.5, 0.6) is 0 Å². The van der Waals surface area contributed by atoms with E-state index in [1.807, 2.05) is 0 Å². The van der Waals surface area contributed by atoms with Gasteiger partial charge in [0.15, 0.2) is 0 Å². The lowest BCUT2D eigenvalue weighted by molar-refractivity contribution is 0.199. The minimum atomic E-state index is -3.23. The predicted molar refractivity (Wildman–Crippen MR) is 118 cm³/mol. The fourth-order valence-corrected chi connectivity index (χ4v) is 7.42. The summed E-state index contributed by atoms with van der Waals surface area (Å²) in [6, 6.07) is 0. The van der Waals surface area contributed by atoms with Crippen molar-refractivity contribution in [3.63, 3.8) is 0 Å². The largest absolute Gasteiger partial charge is 0.335 e. The number of unbranched alkanes of at least 4 members (excludes halogenated alkanes) is 2. The van der Waals surface area contributed by atoms with Crippen LogP contribution in [0, 0.1) is 0 Å². The molecule has 138 valence electrons. The minimum absolute atomic E-state index is 0.200. The molecule has 0 bridgehead atoms. The third-order valence-electron chi connectivity index (χ3n) is 3.22. The van der Waals surface area contributed by atoms with Crippen molar-refractivity contribution in [2.75, 3.05) is 13.2 Å². The first-order chi connectivity index (χ1) is 11.3. The Labute approximate surface area is 186 Å². The highest BCUT2D eigenvalue weighted by molar-refractivity contribution is 9.15. The first-order valence-electron chi connectivity index (χ1n) is 7.65. The Balaban J connectivity index is 3.11. The van der Waals surface area contributed by atoms with Gasteiger partial charge in [-0.15, -0.1) is 0 Å². The fourth-order valence-electron chi connectivity index (χ4n) is 1.81. The van der Waals surface area contributed by atoms with E-state index in [1.165, 1.54) is 0 Å². The number of hydrogen-bond donors (Lipinski definition) is 0. The van der Waals surface area contributed by atoms with E-state index in [2.05, 4.69) is 93.5 Å². The van der Waals surface area contributed by atoms with E-state index in [0.29, 0.717) is 13.2 Å². The summed E-state index contributed by atoms with van der Waals surface area (Å²) >= 11 is 17.7. The maximum Gasteiger partial charge on any atom is 0.335 e. The van der Waals surface area contributed by atoms with E-state index < -0.39 is 7.60 Å². The Hall–Kier alpha value is 1.77. The van der Waals surface area contributed by atoms with Crippen molar-refractivity contribution in [3.8, 4) is 0 Å². The van der Waals surface area contributed by atoms with Gasteiger partial charge in [0.25, 0.3) is 0 Å². The molecule has 24 heavy (non-hydrogen) atoms. The molecule has 0 atom stereocenters. The van der Waals surface area contributed by atoms with Crippen molar-refractivity contribution >= 4 is 87.2 Å².